The first-order chi connectivity index (χ1) is 8.12. The summed E-state index contributed by atoms with van der Waals surface area (Å²) in [5.74, 6) is -3.85. The van der Waals surface area contributed by atoms with Gasteiger partial charge < -0.3 is 0 Å². The van der Waals surface area contributed by atoms with E-state index >= 15 is 0 Å². The van der Waals surface area contributed by atoms with Gasteiger partial charge in [0.2, 0.25) is 0 Å². The predicted octanol–water partition coefficient (Wildman–Crippen LogP) is 6.06. The lowest BCUT2D eigenvalue weighted by molar-refractivity contribution is -0.336. The molecule has 0 N–H and O–H groups in total. The largest absolute Gasteiger partial charge is 0.399 e. The monoisotopic (exact) mass is 288 g/mol. The number of hydrogen-bond acceptors (Lipinski definition) is 0. The third-order valence-corrected chi connectivity index (χ3v) is 5.08. The van der Waals surface area contributed by atoms with Gasteiger partial charge in [0, 0.05) is 5.41 Å². The maximum absolute atomic E-state index is 14.8. The van der Waals surface area contributed by atoms with E-state index < -0.39 is 34.8 Å². The average molecular weight is 288 g/mol. The molecule has 0 aromatic carbocycles. The molecule has 0 aromatic heterocycles. The summed E-state index contributed by atoms with van der Waals surface area (Å²) >= 11 is 0. The minimum absolute atomic E-state index is 0.0187. The second-order valence-electron chi connectivity index (χ2n) is 6.69. The molecule has 0 nitrogen and oxygen atoms in total. The number of rotatable bonds is 4. The van der Waals surface area contributed by atoms with E-state index in [0.717, 1.165) is 0 Å². The van der Waals surface area contributed by atoms with Crippen LogP contribution in [0.3, 0.4) is 0 Å². The van der Waals surface area contributed by atoms with E-state index in [2.05, 4.69) is 0 Å². The number of alkyl halides is 5. The van der Waals surface area contributed by atoms with Crippen LogP contribution >= 0.6 is 0 Å². The Balaban J connectivity index is 6.09. The minimum Gasteiger partial charge on any atom is -0.205 e. The van der Waals surface area contributed by atoms with Gasteiger partial charge in [0.25, 0.3) is 5.92 Å². The number of halogens is 5. The van der Waals surface area contributed by atoms with Crippen molar-refractivity contribution >= 4 is 0 Å². The first-order valence-electron chi connectivity index (χ1n) is 6.57. The second kappa shape index (κ2) is 4.88. The van der Waals surface area contributed by atoms with Crippen molar-refractivity contribution in [1.82, 2.24) is 0 Å². The molecule has 0 heterocycles. The van der Waals surface area contributed by atoms with Crippen LogP contribution in [0.2, 0.25) is 0 Å². The SMILES string of the molecule is CCC(C)(C(C)(C)C)C(F)(F)C(C)(CC)C(F)(F)F. The summed E-state index contributed by atoms with van der Waals surface area (Å²) in [5.41, 5.74) is -5.69. The zero-order valence-electron chi connectivity index (χ0n) is 12.8. The first kappa shape index (κ1) is 18.7. The van der Waals surface area contributed by atoms with Crippen LogP contribution in [-0.2, 0) is 0 Å². The smallest absolute Gasteiger partial charge is 0.205 e. The van der Waals surface area contributed by atoms with E-state index in [0.29, 0.717) is 6.92 Å². The molecule has 0 aromatic rings. The van der Waals surface area contributed by atoms with Crippen molar-refractivity contribution in [2.24, 2.45) is 16.2 Å². The lowest BCUT2D eigenvalue weighted by Crippen LogP contribution is -2.61. The zero-order valence-corrected chi connectivity index (χ0v) is 12.8. The molecule has 2 unspecified atom stereocenters. The minimum atomic E-state index is -4.94. The van der Waals surface area contributed by atoms with Crippen LogP contribution in [0, 0.1) is 16.2 Å². The Hall–Kier alpha value is -0.350. The summed E-state index contributed by atoms with van der Waals surface area (Å²) in [5, 5.41) is 0. The van der Waals surface area contributed by atoms with Crippen LogP contribution in [0.25, 0.3) is 0 Å². The zero-order chi connectivity index (χ0) is 15.9. The van der Waals surface area contributed by atoms with Crippen LogP contribution in [0.1, 0.15) is 61.3 Å². The molecule has 0 fully saturated rings. The molecular formula is C14H25F5. The highest BCUT2D eigenvalue weighted by Gasteiger charge is 2.72. The van der Waals surface area contributed by atoms with E-state index in [1.54, 1.807) is 20.8 Å². The molecular weight excluding hydrogens is 263 g/mol. The molecule has 0 aliphatic rings. The van der Waals surface area contributed by atoms with Crippen molar-refractivity contribution in [2.75, 3.05) is 0 Å². The lowest BCUT2D eigenvalue weighted by Gasteiger charge is -2.53. The molecule has 0 radical (unpaired) electrons. The Labute approximate surface area is 112 Å². The first-order valence-corrected chi connectivity index (χ1v) is 6.57. The van der Waals surface area contributed by atoms with Crippen molar-refractivity contribution in [1.29, 1.82) is 0 Å². The summed E-state index contributed by atoms with van der Waals surface area (Å²) in [4.78, 5) is 0. The molecule has 0 saturated heterocycles. The fourth-order valence-corrected chi connectivity index (χ4v) is 2.43. The summed E-state index contributed by atoms with van der Waals surface area (Å²) in [6, 6.07) is 0. The Morgan fingerprint density at radius 3 is 1.11 bits per heavy atom. The van der Waals surface area contributed by atoms with Gasteiger partial charge in [-0.3, -0.25) is 0 Å². The van der Waals surface area contributed by atoms with E-state index in [1.165, 1.54) is 20.8 Å². The fraction of sp³-hybridized carbons (Fsp3) is 1.00. The standard InChI is InChI=1S/C14H25F5/c1-8-11(6,10(3,4)5)13(15,16)12(7,9-2)14(17,18)19/h8-9H2,1-7H3. The van der Waals surface area contributed by atoms with Crippen LogP contribution in [0.4, 0.5) is 22.0 Å². The topological polar surface area (TPSA) is 0 Å². The highest BCUT2D eigenvalue weighted by atomic mass is 19.4. The molecule has 5 heteroatoms. The second-order valence-corrected chi connectivity index (χ2v) is 6.69. The molecule has 0 rings (SSSR count). The summed E-state index contributed by atoms with van der Waals surface area (Å²) in [6.45, 7) is 9.27. The Kier molecular flexibility index (Phi) is 4.79. The number of hydrogen-bond donors (Lipinski definition) is 0. The Bertz CT molecular complexity index is 283. The highest BCUT2D eigenvalue weighted by Crippen LogP contribution is 2.63. The van der Waals surface area contributed by atoms with Gasteiger partial charge in [-0.25, -0.2) is 8.78 Å². The fourth-order valence-electron chi connectivity index (χ4n) is 2.43. The van der Waals surface area contributed by atoms with E-state index in [4.69, 9.17) is 0 Å². The molecule has 0 spiro atoms. The molecule has 0 saturated carbocycles. The summed E-state index contributed by atoms with van der Waals surface area (Å²) in [6.07, 6.45) is -5.60. The van der Waals surface area contributed by atoms with Gasteiger partial charge >= 0.3 is 6.18 Å². The van der Waals surface area contributed by atoms with Crippen LogP contribution < -0.4 is 0 Å². The van der Waals surface area contributed by atoms with Crippen molar-refractivity contribution in [3.8, 4) is 0 Å². The quantitative estimate of drug-likeness (QED) is 0.551. The van der Waals surface area contributed by atoms with Crippen molar-refractivity contribution in [3.05, 3.63) is 0 Å². The molecule has 0 aliphatic heterocycles. The highest BCUT2D eigenvalue weighted by molar-refractivity contribution is 5.06. The molecule has 0 aliphatic carbocycles. The maximum Gasteiger partial charge on any atom is 0.399 e. The summed E-state index contributed by atoms with van der Waals surface area (Å²) < 4.78 is 69.1. The van der Waals surface area contributed by atoms with Gasteiger partial charge in [0.15, 0.2) is 0 Å². The van der Waals surface area contributed by atoms with E-state index in [9.17, 15) is 22.0 Å². The van der Waals surface area contributed by atoms with Crippen LogP contribution in [0.5, 0.6) is 0 Å². The lowest BCUT2D eigenvalue weighted by atomic mass is 9.56. The predicted molar refractivity (Wildman–Crippen MR) is 67.3 cm³/mol. The third-order valence-electron chi connectivity index (χ3n) is 5.08. The average Bonchev–Trinajstić information content (AvgIpc) is 2.22. The van der Waals surface area contributed by atoms with Crippen LogP contribution in [0.15, 0.2) is 0 Å². The van der Waals surface area contributed by atoms with Crippen molar-refractivity contribution in [2.45, 2.75) is 73.4 Å². The van der Waals surface area contributed by atoms with E-state index in [1.807, 2.05) is 0 Å². The molecule has 2 atom stereocenters. The van der Waals surface area contributed by atoms with E-state index in [-0.39, 0.29) is 6.42 Å². The molecule has 116 valence electrons. The molecule has 0 bridgehead atoms. The van der Waals surface area contributed by atoms with Gasteiger partial charge in [0.1, 0.15) is 5.41 Å². The summed E-state index contributed by atoms with van der Waals surface area (Å²) in [7, 11) is 0. The third kappa shape index (κ3) is 2.49. The van der Waals surface area contributed by atoms with Gasteiger partial charge in [-0.15, -0.1) is 0 Å². The molecule has 19 heavy (non-hydrogen) atoms. The van der Waals surface area contributed by atoms with Crippen LogP contribution in [-0.4, -0.2) is 12.1 Å². The van der Waals surface area contributed by atoms with Crippen molar-refractivity contribution < 1.29 is 22.0 Å². The molecule has 0 amide bonds. The van der Waals surface area contributed by atoms with Crippen molar-refractivity contribution in [3.63, 3.8) is 0 Å². The maximum atomic E-state index is 14.8. The van der Waals surface area contributed by atoms with Gasteiger partial charge in [-0.1, -0.05) is 41.5 Å². The van der Waals surface area contributed by atoms with Gasteiger partial charge in [-0.05, 0) is 25.2 Å². The van der Waals surface area contributed by atoms with Gasteiger partial charge in [0.05, 0.1) is 0 Å². The Morgan fingerprint density at radius 2 is 0.947 bits per heavy atom. The van der Waals surface area contributed by atoms with Gasteiger partial charge in [-0.2, -0.15) is 13.2 Å². The Morgan fingerprint density at radius 1 is 0.632 bits per heavy atom. The normalized spacial score (nSPS) is 20.8.